The van der Waals surface area contributed by atoms with Crippen molar-refractivity contribution < 1.29 is 22.7 Å². The summed E-state index contributed by atoms with van der Waals surface area (Å²) in [5.74, 6) is 0.154. The molecule has 0 aliphatic heterocycles. The van der Waals surface area contributed by atoms with Crippen LogP contribution >= 0.6 is 0 Å². The van der Waals surface area contributed by atoms with Gasteiger partial charge in [0.05, 0.1) is 13.1 Å². The molecule has 140 valence electrons. The van der Waals surface area contributed by atoms with Crippen LogP contribution in [0.25, 0.3) is 0 Å². The number of amides is 1. The first-order valence-corrected chi connectivity index (χ1v) is 8.17. The van der Waals surface area contributed by atoms with E-state index in [0.717, 1.165) is 5.56 Å². The van der Waals surface area contributed by atoms with Crippen molar-refractivity contribution in [2.45, 2.75) is 19.1 Å². The van der Waals surface area contributed by atoms with Crippen LogP contribution in [0.1, 0.15) is 17.2 Å². The number of hydrogen-bond acceptors (Lipinski definition) is 3. The Morgan fingerprint density at radius 3 is 2.50 bits per heavy atom. The Morgan fingerprint density at radius 1 is 1.12 bits per heavy atom. The molecule has 26 heavy (non-hydrogen) atoms. The summed E-state index contributed by atoms with van der Waals surface area (Å²) >= 11 is 0. The van der Waals surface area contributed by atoms with Crippen LogP contribution in [-0.2, 0) is 4.79 Å². The Morgan fingerprint density at radius 2 is 1.85 bits per heavy atom. The van der Waals surface area contributed by atoms with Gasteiger partial charge in [-0.25, -0.2) is 0 Å². The zero-order chi connectivity index (χ0) is 19.0. The maximum absolute atomic E-state index is 13.2. The third kappa shape index (κ3) is 6.40. The van der Waals surface area contributed by atoms with Gasteiger partial charge in [0.2, 0.25) is 5.91 Å². The lowest BCUT2D eigenvalue weighted by Crippen LogP contribution is -2.41. The minimum atomic E-state index is -4.49. The highest BCUT2D eigenvalue weighted by Gasteiger charge is 2.40. The predicted octanol–water partition coefficient (Wildman–Crippen LogP) is 3.38. The van der Waals surface area contributed by atoms with Crippen molar-refractivity contribution >= 4 is 5.91 Å². The first-order valence-electron chi connectivity index (χ1n) is 8.17. The number of rotatable bonds is 8. The average molecular weight is 366 g/mol. The van der Waals surface area contributed by atoms with Gasteiger partial charge in [0.15, 0.2) is 0 Å². The standard InChI is InChI=1S/C19H21F3N2O2/c1-14-6-5-9-16(12-14)26-11-10-23-17(25)13-24-18(19(20,21)22)15-7-3-2-4-8-15/h2-9,12,18,24H,10-11,13H2,1H3,(H,23,25). The van der Waals surface area contributed by atoms with Gasteiger partial charge in [-0.1, -0.05) is 42.5 Å². The third-order valence-electron chi connectivity index (χ3n) is 3.61. The Labute approximate surface area is 150 Å². The van der Waals surface area contributed by atoms with Gasteiger partial charge in [0.1, 0.15) is 18.4 Å². The number of hydrogen-bond donors (Lipinski definition) is 2. The van der Waals surface area contributed by atoms with Crippen molar-refractivity contribution in [2.75, 3.05) is 19.7 Å². The molecule has 1 amide bonds. The first-order chi connectivity index (χ1) is 12.4. The maximum atomic E-state index is 13.2. The Bertz CT molecular complexity index is 705. The fourth-order valence-corrected chi connectivity index (χ4v) is 2.39. The quantitative estimate of drug-likeness (QED) is 0.704. The Hall–Kier alpha value is -2.54. The van der Waals surface area contributed by atoms with Crippen LogP contribution in [0, 0.1) is 6.92 Å². The summed E-state index contributed by atoms with van der Waals surface area (Å²) in [7, 11) is 0. The molecule has 2 rings (SSSR count). The van der Waals surface area contributed by atoms with Gasteiger partial charge >= 0.3 is 6.18 Å². The zero-order valence-electron chi connectivity index (χ0n) is 14.3. The Kier molecular flexibility index (Phi) is 7.03. The third-order valence-corrected chi connectivity index (χ3v) is 3.61. The van der Waals surface area contributed by atoms with E-state index in [9.17, 15) is 18.0 Å². The van der Waals surface area contributed by atoms with E-state index in [1.54, 1.807) is 12.1 Å². The number of carbonyl (C=O) groups excluding carboxylic acids is 1. The van der Waals surface area contributed by atoms with Crippen LogP contribution in [0.5, 0.6) is 5.75 Å². The second-order valence-corrected chi connectivity index (χ2v) is 5.78. The summed E-state index contributed by atoms with van der Waals surface area (Å²) in [6.07, 6.45) is -4.49. The molecule has 0 bridgehead atoms. The van der Waals surface area contributed by atoms with Crippen molar-refractivity contribution in [3.8, 4) is 5.75 Å². The Balaban J connectivity index is 1.76. The van der Waals surface area contributed by atoms with Gasteiger partial charge in [-0.2, -0.15) is 13.2 Å². The molecule has 0 heterocycles. The van der Waals surface area contributed by atoms with Crippen LogP contribution in [0.15, 0.2) is 54.6 Å². The molecule has 0 fully saturated rings. The topological polar surface area (TPSA) is 50.4 Å². The van der Waals surface area contributed by atoms with Gasteiger partial charge in [0, 0.05) is 0 Å². The second-order valence-electron chi connectivity index (χ2n) is 5.78. The van der Waals surface area contributed by atoms with Gasteiger partial charge in [0.25, 0.3) is 0 Å². The number of ether oxygens (including phenoxy) is 1. The minimum absolute atomic E-state index is 0.0654. The van der Waals surface area contributed by atoms with Crippen molar-refractivity contribution in [2.24, 2.45) is 0 Å². The van der Waals surface area contributed by atoms with Crippen molar-refractivity contribution in [1.82, 2.24) is 10.6 Å². The molecule has 0 saturated carbocycles. The summed E-state index contributed by atoms with van der Waals surface area (Å²) < 4.78 is 45.0. The molecule has 0 spiro atoms. The molecule has 0 aromatic heterocycles. The number of aryl methyl sites for hydroxylation is 1. The molecule has 0 saturated heterocycles. The van der Waals surface area contributed by atoms with E-state index in [4.69, 9.17) is 4.74 Å². The smallest absolute Gasteiger partial charge is 0.407 e. The lowest BCUT2D eigenvalue weighted by molar-refractivity contribution is -0.158. The van der Waals surface area contributed by atoms with E-state index < -0.39 is 24.7 Å². The highest BCUT2D eigenvalue weighted by molar-refractivity contribution is 5.78. The largest absolute Gasteiger partial charge is 0.492 e. The molecule has 4 nitrogen and oxygen atoms in total. The highest BCUT2D eigenvalue weighted by atomic mass is 19.4. The number of nitrogens with one attached hydrogen (secondary N) is 2. The van der Waals surface area contributed by atoms with Gasteiger partial charge < -0.3 is 10.1 Å². The fraction of sp³-hybridized carbons (Fsp3) is 0.316. The molecule has 2 aromatic rings. The van der Waals surface area contributed by atoms with Crippen LogP contribution in [-0.4, -0.2) is 31.8 Å². The molecule has 0 radical (unpaired) electrons. The van der Waals surface area contributed by atoms with E-state index in [0.29, 0.717) is 5.75 Å². The molecule has 0 aliphatic carbocycles. The second kappa shape index (κ2) is 9.24. The normalized spacial score (nSPS) is 12.5. The number of benzene rings is 2. The minimum Gasteiger partial charge on any atom is -0.492 e. The number of carbonyl (C=O) groups is 1. The maximum Gasteiger partial charge on any atom is 0.407 e. The van der Waals surface area contributed by atoms with Crippen LogP contribution in [0.3, 0.4) is 0 Å². The van der Waals surface area contributed by atoms with Gasteiger partial charge in [-0.3, -0.25) is 10.1 Å². The summed E-state index contributed by atoms with van der Waals surface area (Å²) in [4.78, 5) is 11.8. The lowest BCUT2D eigenvalue weighted by atomic mass is 10.1. The fourth-order valence-electron chi connectivity index (χ4n) is 2.39. The van der Waals surface area contributed by atoms with Gasteiger partial charge in [-0.05, 0) is 30.2 Å². The monoisotopic (exact) mass is 366 g/mol. The van der Waals surface area contributed by atoms with Crippen LogP contribution in [0.2, 0.25) is 0 Å². The molecule has 2 aromatic carbocycles. The van der Waals surface area contributed by atoms with E-state index in [1.165, 1.54) is 24.3 Å². The summed E-state index contributed by atoms with van der Waals surface area (Å²) in [6, 6.07) is 13.0. The lowest BCUT2D eigenvalue weighted by Gasteiger charge is -2.21. The molecule has 0 aliphatic rings. The van der Waals surface area contributed by atoms with Crippen molar-refractivity contribution in [1.29, 1.82) is 0 Å². The SMILES string of the molecule is Cc1cccc(OCCNC(=O)CNC(c2ccccc2)C(F)(F)F)c1. The van der Waals surface area contributed by atoms with Crippen molar-refractivity contribution in [3.63, 3.8) is 0 Å². The molecule has 2 N–H and O–H groups in total. The molecule has 1 unspecified atom stereocenters. The van der Waals surface area contributed by atoms with Crippen LogP contribution in [0.4, 0.5) is 13.2 Å². The van der Waals surface area contributed by atoms with Gasteiger partial charge in [-0.15, -0.1) is 0 Å². The molecular formula is C19H21F3N2O2. The summed E-state index contributed by atoms with van der Waals surface area (Å²) in [6.45, 7) is 1.93. The summed E-state index contributed by atoms with van der Waals surface area (Å²) in [5, 5.41) is 4.80. The van der Waals surface area contributed by atoms with Crippen LogP contribution < -0.4 is 15.4 Å². The van der Waals surface area contributed by atoms with E-state index >= 15 is 0 Å². The highest BCUT2D eigenvalue weighted by Crippen LogP contribution is 2.32. The molecular weight excluding hydrogens is 345 g/mol. The molecule has 7 heteroatoms. The average Bonchev–Trinajstić information content (AvgIpc) is 2.59. The van der Waals surface area contributed by atoms with Crippen molar-refractivity contribution in [3.05, 3.63) is 65.7 Å². The van der Waals surface area contributed by atoms with E-state index in [-0.39, 0.29) is 18.7 Å². The van der Waals surface area contributed by atoms with E-state index in [1.807, 2.05) is 25.1 Å². The number of halogens is 3. The summed E-state index contributed by atoms with van der Waals surface area (Å²) in [5.41, 5.74) is 1.12. The number of alkyl halides is 3. The first kappa shape index (κ1) is 19.8. The van der Waals surface area contributed by atoms with E-state index in [2.05, 4.69) is 10.6 Å². The predicted molar refractivity (Wildman–Crippen MR) is 92.9 cm³/mol. The molecule has 1 atom stereocenters. The zero-order valence-corrected chi connectivity index (χ0v) is 14.3.